The minimum absolute atomic E-state index is 0.0578. The molecule has 1 aromatic carbocycles. The zero-order valence-corrected chi connectivity index (χ0v) is 10.1. The summed E-state index contributed by atoms with van der Waals surface area (Å²) in [4.78, 5) is 3.15. The summed E-state index contributed by atoms with van der Waals surface area (Å²) >= 11 is 7.08. The second-order valence-corrected chi connectivity index (χ2v) is 3.99. The molecule has 0 unspecified atom stereocenters. The molecule has 16 heavy (non-hydrogen) atoms. The van der Waals surface area contributed by atoms with Gasteiger partial charge in [0, 0.05) is 10.7 Å². The number of anilines is 1. The van der Waals surface area contributed by atoms with Gasteiger partial charge in [-0.15, -0.1) is 11.8 Å². The summed E-state index contributed by atoms with van der Waals surface area (Å²) in [6, 6.07) is 8.91. The van der Waals surface area contributed by atoms with E-state index in [2.05, 4.69) is 10.2 Å². The van der Waals surface area contributed by atoms with Crippen molar-refractivity contribution in [3.05, 3.63) is 51.4 Å². The van der Waals surface area contributed by atoms with Gasteiger partial charge in [0.25, 0.3) is 5.70 Å². The van der Waals surface area contributed by atoms with Gasteiger partial charge in [-0.3, -0.25) is 0 Å². The number of halogens is 1. The number of allylic oxidation sites excluding steroid dienone is 1. The largest absolute Gasteiger partial charge is 0.358 e. The van der Waals surface area contributed by atoms with Crippen LogP contribution >= 0.6 is 23.4 Å². The Morgan fingerprint density at radius 1 is 1.50 bits per heavy atom. The first kappa shape index (κ1) is 12.4. The molecule has 0 heterocycles. The standard InChI is InChI=1S/C11H8ClN3S/c1-14-10(7-13)11(16-2)15-9-5-3-8(12)4-6-9/h3-6,15H,2H3/b11-10+. The van der Waals surface area contributed by atoms with Crippen LogP contribution in [0.4, 0.5) is 5.69 Å². The quantitative estimate of drug-likeness (QED) is 0.656. The molecule has 1 aromatic rings. The molecule has 1 N–H and O–H groups in total. The van der Waals surface area contributed by atoms with E-state index in [-0.39, 0.29) is 5.70 Å². The Kier molecular flexibility index (Phi) is 4.72. The van der Waals surface area contributed by atoms with Crippen LogP contribution < -0.4 is 5.32 Å². The highest BCUT2D eigenvalue weighted by molar-refractivity contribution is 8.02. The number of nitriles is 1. The molecule has 0 atom stereocenters. The number of nitrogens with one attached hydrogen (secondary N) is 1. The highest BCUT2D eigenvalue weighted by Gasteiger charge is 2.05. The first-order valence-electron chi connectivity index (χ1n) is 4.29. The summed E-state index contributed by atoms with van der Waals surface area (Å²) in [6.07, 6.45) is 1.81. The molecule has 80 valence electrons. The van der Waals surface area contributed by atoms with Gasteiger partial charge in [0.15, 0.2) is 0 Å². The first-order valence-corrected chi connectivity index (χ1v) is 5.90. The highest BCUT2D eigenvalue weighted by atomic mass is 35.5. The van der Waals surface area contributed by atoms with Gasteiger partial charge < -0.3 is 5.32 Å². The van der Waals surface area contributed by atoms with E-state index in [0.717, 1.165) is 5.69 Å². The third kappa shape index (κ3) is 3.20. The molecule has 0 saturated heterocycles. The Bertz CT molecular complexity index is 463. The van der Waals surface area contributed by atoms with E-state index in [0.29, 0.717) is 10.1 Å². The molecule has 0 aliphatic rings. The lowest BCUT2D eigenvalue weighted by molar-refractivity contribution is 1.46. The van der Waals surface area contributed by atoms with Crippen LogP contribution in [0.15, 0.2) is 35.0 Å². The predicted octanol–water partition coefficient (Wildman–Crippen LogP) is 3.73. The van der Waals surface area contributed by atoms with Gasteiger partial charge in [0.05, 0.1) is 17.7 Å². The van der Waals surface area contributed by atoms with Crippen LogP contribution in [0.3, 0.4) is 0 Å². The van der Waals surface area contributed by atoms with Crippen LogP contribution in [0.2, 0.25) is 5.02 Å². The summed E-state index contributed by atoms with van der Waals surface area (Å²) in [6.45, 7) is 6.86. The maximum Gasteiger partial charge on any atom is 0.290 e. The molecule has 0 radical (unpaired) electrons. The fraction of sp³-hybridized carbons (Fsp3) is 0.0909. The topological polar surface area (TPSA) is 40.2 Å². The van der Waals surface area contributed by atoms with Crippen molar-refractivity contribution in [2.45, 2.75) is 0 Å². The Labute approximate surface area is 104 Å². The lowest BCUT2D eigenvalue weighted by atomic mass is 10.3. The summed E-state index contributed by atoms with van der Waals surface area (Å²) in [7, 11) is 0. The van der Waals surface area contributed by atoms with Gasteiger partial charge in [-0.1, -0.05) is 11.6 Å². The molecule has 1 rings (SSSR count). The molecule has 0 fully saturated rings. The van der Waals surface area contributed by atoms with E-state index >= 15 is 0 Å². The molecule has 0 amide bonds. The smallest absolute Gasteiger partial charge is 0.290 e. The van der Waals surface area contributed by atoms with Crippen LogP contribution in [0.5, 0.6) is 0 Å². The fourth-order valence-electron chi connectivity index (χ4n) is 0.998. The van der Waals surface area contributed by atoms with E-state index < -0.39 is 0 Å². The maximum atomic E-state index is 8.75. The van der Waals surface area contributed by atoms with E-state index in [1.54, 1.807) is 30.5 Å². The third-order valence-corrected chi connectivity index (χ3v) is 2.69. The van der Waals surface area contributed by atoms with Crippen molar-refractivity contribution in [2.24, 2.45) is 0 Å². The van der Waals surface area contributed by atoms with Gasteiger partial charge >= 0.3 is 0 Å². The molecular formula is C11H8ClN3S. The van der Waals surface area contributed by atoms with E-state index in [1.165, 1.54) is 11.8 Å². The fourth-order valence-corrected chi connectivity index (χ4v) is 1.63. The Balaban J connectivity index is 2.96. The molecule has 0 bridgehead atoms. The van der Waals surface area contributed by atoms with Crippen molar-refractivity contribution in [1.29, 1.82) is 5.26 Å². The van der Waals surface area contributed by atoms with Crippen molar-refractivity contribution in [3.63, 3.8) is 0 Å². The van der Waals surface area contributed by atoms with Crippen LogP contribution in [-0.4, -0.2) is 6.26 Å². The van der Waals surface area contributed by atoms with Crippen LogP contribution in [0.25, 0.3) is 4.85 Å². The zero-order chi connectivity index (χ0) is 12.0. The summed E-state index contributed by atoms with van der Waals surface area (Å²) < 4.78 is 0. The van der Waals surface area contributed by atoms with E-state index in [1.807, 2.05) is 6.07 Å². The lowest BCUT2D eigenvalue weighted by Gasteiger charge is -2.08. The molecule has 3 nitrogen and oxygen atoms in total. The molecule has 0 aliphatic carbocycles. The number of hydrogen-bond donors (Lipinski definition) is 1. The first-order chi connectivity index (χ1) is 7.71. The minimum Gasteiger partial charge on any atom is -0.358 e. The van der Waals surface area contributed by atoms with Crippen LogP contribution in [-0.2, 0) is 0 Å². The maximum absolute atomic E-state index is 8.75. The second-order valence-electron chi connectivity index (χ2n) is 2.74. The van der Waals surface area contributed by atoms with Crippen molar-refractivity contribution in [2.75, 3.05) is 11.6 Å². The molecule has 0 spiro atoms. The van der Waals surface area contributed by atoms with Crippen molar-refractivity contribution in [3.8, 4) is 6.07 Å². The van der Waals surface area contributed by atoms with E-state index in [4.69, 9.17) is 23.4 Å². The number of benzene rings is 1. The van der Waals surface area contributed by atoms with Crippen molar-refractivity contribution < 1.29 is 0 Å². The number of rotatable bonds is 3. The van der Waals surface area contributed by atoms with Crippen LogP contribution in [0, 0.1) is 17.9 Å². The molecular weight excluding hydrogens is 242 g/mol. The average molecular weight is 250 g/mol. The predicted molar refractivity (Wildman–Crippen MR) is 67.8 cm³/mol. The van der Waals surface area contributed by atoms with Gasteiger partial charge in [-0.05, 0) is 30.5 Å². The van der Waals surface area contributed by atoms with Crippen molar-refractivity contribution >= 4 is 29.1 Å². The SMILES string of the molecule is [C-]#[N+]/C(C#N)=C(\Nc1ccc(Cl)cc1)SC. The molecule has 5 heteroatoms. The van der Waals surface area contributed by atoms with Crippen molar-refractivity contribution in [1.82, 2.24) is 0 Å². The average Bonchev–Trinajstić information content (AvgIpc) is 2.32. The monoisotopic (exact) mass is 249 g/mol. The Morgan fingerprint density at radius 3 is 2.56 bits per heavy atom. The number of nitrogens with zero attached hydrogens (tertiary/aromatic N) is 2. The molecule has 0 aliphatic heterocycles. The Hall–Kier alpha value is -1.62. The number of thioether (sulfide) groups is 1. The molecule has 0 aromatic heterocycles. The zero-order valence-electron chi connectivity index (χ0n) is 8.49. The van der Waals surface area contributed by atoms with Gasteiger partial charge in [-0.25, -0.2) is 10.1 Å². The Morgan fingerprint density at radius 2 is 2.12 bits per heavy atom. The molecule has 0 saturated carbocycles. The summed E-state index contributed by atoms with van der Waals surface area (Å²) in [5.41, 5.74) is 0.854. The highest BCUT2D eigenvalue weighted by Crippen LogP contribution is 2.22. The third-order valence-electron chi connectivity index (χ3n) is 1.74. The lowest BCUT2D eigenvalue weighted by Crippen LogP contribution is -1.97. The van der Waals surface area contributed by atoms with E-state index in [9.17, 15) is 0 Å². The number of hydrogen-bond acceptors (Lipinski definition) is 3. The van der Waals surface area contributed by atoms with Gasteiger partial charge in [-0.2, -0.15) is 0 Å². The van der Waals surface area contributed by atoms with Gasteiger partial charge in [0.2, 0.25) is 0 Å². The minimum atomic E-state index is 0.0578. The summed E-state index contributed by atoms with van der Waals surface area (Å²) in [5.74, 6) is 0. The van der Waals surface area contributed by atoms with Crippen LogP contribution in [0.1, 0.15) is 0 Å². The normalized spacial score (nSPS) is 11.0. The second kappa shape index (κ2) is 6.07. The summed E-state index contributed by atoms with van der Waals surface area (Å²) in [5, 5.41) is 12.9. The van der Waals surface area contributed by atoms with Gasteiger partial charge in [0.1, 0.15) is 0 Å².